The number of nitrogens with zero attached hydrogens (tertiary/aromatic N) is 4. The Labute approximate surface area is 118 Å². The highest BCUT2D eigenvalue weighted by molar-refractivity contribution is 5.41. The number of piperidine rings is 1. The van der Waals surface area contributed by atoms with Crippen molar-refractivity contribution in [3.05, 3.63) is 30.6 Å². The van der Waals surface area contributed by atoms with Gasteiger partial charge in [0.15, 0.2) is 0 Å². The first-order valence-corrected chi connectivity index (χ1v) is 6.82. The highest BCUT2D eigenvalue weighted by atomic mass is 16.5. The molecule has 2 aromatic rings. The second-order valence-corrected chi connectivity index (χ2v) is 5.00. The van der Waals surface area contributed by atoms with Crippen LogP contribution in [0.5, 0.6) is 5.75 Å². The zero-order chi connectivity index (χ0) is 13.9. The van der Waals surface area contributed by atoms with Crippen molar-refractivity contribution in [3.8, 4) is 5.75 Å². The standard InChI is InChI=1S/C14H19N5O/c1-20-12-2-3-14(16-10-12)18-7-4-11(5-8-18)19-9-6-13(15)17-19/h2-3,6,9-11H,4-5,7-8H2,1H3,(H2,15,17). The summed E-state index contributed by atoms with van der Waals surface area (Å²) >= 11 is 0. The van der Waals surface area contributed by atoms with Crippen molar-refractivity contribution in [2.45, 2.75) is 18.9 Å². The third-order valence-corrected chi connectivity index (χ3v) is 3.75. The van der Waals surface area contributed by atoms with Crippen molar-refractivity contribution in [2.24, 2.45) is 0 Å². The number of hydrogen-bond donors (Lipinski definition) is 1. The number of nitrogen functional groups attached to an aromatic ring is 1. The van der Waals surface area contributed by atoms with Crippen LogP contribution >= 0.6 is 0 Å². The second-order valence-electron chi connectivity index (χ2n) is 5.00. The van der Waals surface area contributed by atoms with Crippen molar-refractivity contribution in [1.29, 1.82) is 0 Å². The summed E-state index contributed by atoms with van der Waals surface area (Å²) in [5.41, 5.74) is 5.67. The van der Waals surface area contributed by atoms with Crippen molar-refractivity contribution in [1.82, 2.24) is 14.8 Å². The Bertz CT molecular complexity index is 557. The number of methoxy groups -OCH3 is 1. The molecule has 0 spiro atoms. The van der Waals surface area contributed by atoms with Crippen LogP contribution in [0.25, 0.3) is 0 Å². The van der Waals surface area contributed by atoms with Gasteiger partial charge in [-0.3, -0.25) is 4.68 Å². The summed E-state index contributed by atoms with van der Waals surface area (Å²) in [5.74, 6) is 2.38. The topological polar surface area (TPSA) is 69.2 Å². The van der Waals surface area contributed by atoms with E-state index in [-0.39, 0.29) is 0 Å². The Morgan fingerprint density at radius 1 is 1.25 bits per heavy atom. The van der Waals surface area contributed by atoms with Crippen LogP contribution in [-0.2, 0) is 0 Å². The van der Waals surface area contributed by atoms with Gasteiger partial charge in [0.25, 0.3) is 0 Å². The first-order valence-electron chi connectivity index (χ1n) is 6.82. The molecule has 0 aromatic carbocycles. The van der Waals surface area contributed by atoms with E-state index >= 15 is 0 Å². The van der Waals surface area contributed by atoms with E-state index in [0.717, 1.165) is 37.5 Å². The van der Waals surface area contributed by atoms with Crippen LogP contribution in [0.3, 0.4) is 0 Å². The van der Waals surface area contributed by atoms with Crippen LogP contribution in [0.1, 0.15) is 18.9 Å². The molecule has 1 aliphatic heterocycles. The van der Waals surface area contributed by atoms with E-state index in [1.54, 1.807) is 13.3 Å². The van der Waals surface area contributed by atoms with Gasteiger partial charge in [0, 0.05) is 19.3 Å². The van der Waals surface area contributed by atoms with E-state index in [1.807, 2.05) is 29.1 Å². The largest absolute Gasteiger partial charge is 0.495 e. The summed E-state index contributed by atoms with van der Waals surface area (Å²) in [6.45, 7) is 1.95. The fourth-order valence-electron chi connectivity index (χ4n) is 2.60. The van der Waals surface area contributed by atoms with Crippen LogP contribution in [-0.4, -0.2) is 35.0 Å². The maximum Gasteiger partial charge on any atom is 0.145 e. The molecule has 0 unspecified atom stereocenters. The van der Waals surface area contributed by atoms with Gasteiger partial charge in [0.05, 0.1) is 19.3 Å². The lowest BCUT2D eigenvalue weighted by atomic mass is 10.1. The first kappa shape index (κ1) is 12.8. The molecule has 0 atom stereocenters. The van der Waals surface area contributed by atoms with E-state index in [4.69, 9.17) is 10.5 Å². The summed E-state index contributed by atoms with van der Waals surface area (Å²) in [4.78, 5) is 6.73. The summed E-state index contributed by atoms with van der Waals surface area (Å²) < 4.78 is 7.11. The molecule has 0 amide bonds. The lowest BCUT2D eigenvalue weighted by Crippen LogP contribution is -2.35. The molecule has 2 N–H and O–H groups in total. The van der Waals surface area contributed by atoms with Gasteiger partial charge in [-0.15, -0.1) is 0 Å². The van der Waals surface area contributed by atoms with Crippen LogP contribution < -0.4 is 15.4 Å². The molecule has 20 heavy (non-hydrogen) atoms. The van der Waals surface area contributed by atoms with Crippen LogP contribution in [0.2, 0.25) is 0 Å². The number of pyridine rings is 1. The van der Waals surface area contributed by atoms with E-state index in [9.17, 15) is 0 Å². The third kappa shape index (κ3) is 2.54. The SMILES string of the molecule is COc1ccc(N2CCC(n3ccc(N)n3)CC2)nc1. The zero-order valence-corrected chi connectivity index (χ0v) is 11.6. The Balaban J connectivity index is 1.63. The highest BCUT2D eigenvalue weighted by Crippen LogP contribution is 2.26. The molecule has 0 saturated carbocycles. The molecule has 0 radical (unpaired) electrons. The minimum absolute atomic E-state index is 0.432. The Morgan fingerprint density at radius 3 is 2.60 bits per heavy atom. The van der Waals surface area contributed by atoms with Gasteiger partial charge >= 0.3 is 0 Å². The molecule has 106 valence electrons. The maximum absolute atomic E-state index is 5.67. The van der Waals surface area contributed by atoms with E-state index in [1.165, 1.54) is 0 Å². The van der Waals surface area contributed by atoms with Gasteiger partial charge in [-0.2, -0.15) is 5.10 Å². The maximum atomic E-state index is 5.67. The average molecular weight is 273 g/mol. The number of aromatic nitrogens is 3. The first-order chi connectivity index (χ1) is 9.76. The Kier molecular flexibility index (Phi) is 3.45. The number of ether oxygens (including phenoxy) is 1. The van der Waals surface area contributed by atoms with Crippen LogP contribution in [0, 0.1) is 0 Å². The second kappa shape index (κ2) is 5.40. The van der Waals surface area contributed by atoms with E-state index in [2.05, 4.69) is 15.0 Å². The molecule has 1 saturated heterocycles. The van der Waals surface area contributed by atoms with Gasteiger partial charge in [-0.25, -0.2) is 4.98 Å². The fraction of sp³-hybridized carbons (Fsp3) is 0.429. The summed E-state index contributed by atoms with van der Waals surface area (Å²) in [7, 11) is 1.65. The van der Waals surface area contributed by atoms with Gasteiger partial charge in [0.1, 0.15) is 17.4 Å². The molecule has 0 aliphatic carbocycles. The smallest absolute Gasteiger partial charge is 0.145 e. The third-order valence-electron chi connectivity index (χ3n) is 3.75. The van der Waals surface area contributed by atoms with Gasteiger partial charge in [-0.05, 0) is 31.0 Å². The Hall–Kier alpha value is -2.24. The molecule has 1 aliphatic rings. The molecule has 6 heteroatoms. The molecule has 3 rings (SSSR count). The van der Waals surface area contributed by atoms with E-state index in [0.29, 0.717) is 11.9 Å². The Morgan fingerprint density at radius 2 is 2.05 bits per heavy atom. The minimum atomic E-state index is 0.432. The summed E-state index contributed by atoms with van der Waals surface area (Å²) in [6, 6.07) is 6.23. The fourth-order valence-corrected chi connectivity index (χ4v) is 2.60. The van der Waals surface area contributed by atoms with Crippen molar-refractivity contribution >= 4 is 11.6 Å². The predicted molar refractivity (Wildman–Crippen MR) is 77.9 cm³/mol. The minimum Gasteiger partial charge on any atom is -0.495 e. The average Bonchev–Trinajstić information content (AvgIpc) is 2.94. The number of nitrogens with two attached hydrogens (primary N) is 1. The highest BCUT2D eigenvalue weighted by Gasteiger charge is 2.21. The van der Waals surface area contributed by atoms with Gasteiger partial charge in [0.2, 0.25) is 0 Å². The monoisotopic (exact) mass is 273 g/mol. The normalized spacial score (nSPS) is 16.4. The molecule has 6 nitrogen and oxygen atoms in total. The van der Waals surface area contributed by atoms with Gasteiger partial charge < -0.3 is 15.4 Å². The summed E-state index contributed by atoms with van der Waals surface area (Å²) in [6.07, 6.45) is 5.82. The lowest BCUT2D eigenvalue weighted by molar-refractivity contribution is 0.366. The lowest BCUT2D eigenvalue weighted by Gasteiger charge is -2.32. The predicted octanol–water partition coefficient (Wildman–Crippen LogP) is 1.71. The molecule has 3 heterocycles. The van der Waals surface area contributed by atoms with Crippen molar-refractivity contribution in [3.63, 3.8) is 0 Å². The quantitative estimate of drug-likeness (QED) is 0.922. The molecule has 0 bridgehead atoms. The van der Waals surface area contributed by atoms with E-state index < -0.39 is 0 Å². The molecule has 2 aromatic heterocycles. The zero-order valence-electron chi connectivity index (χ0n) is 11.6. The number of anilines is 2. The molecular formula is C14H19N5O. The van der Waals surface area contributed by atoms with Crippen LogP contribution in [0.4, 0.5) is 11.6 Å². The van der Waals surface area contributed by atoms with Crippen molar-refractivity contribution < 1.29 is 4.74 Å². The number of rotatable bonds is 3. The molecular weight excluding hydrogens is 254 g/mol. The number of hydrogen-bond acceptors (Lipinski definition) is 5. The van der Waals surface area contributed by atoms with Gasteiger partial charge in [-0.1, -0.05) is 0 Å². The molecule has 1 fully saturated rings. The summed E-state index contributed by atoms with van der Waals surface area (Å²) in [5, 5.41) is 4.30. The van der Waals surface area contributed by atoms with Crippen molar-refractivity contribution in [2.75, 3.05) is 30.8 Å². The van der Waals surface area contributed by atoms with Crippen LogP contribution in [0.15, 0.2) is 30.6 Å².